The molecule has 1 amide bonds. The largest absolute Gasteiger partial charge is 0.444 e. The standard InChI is InChI=1S/C16H27ClN6O2/c1-16(2,3)25-15(24)23-9-7-22(8-10-23)6-4-5-19-13-11-12(17)20-14(18)21-13/h11H,4-10H2,1-3H3,(H3,18,19,20,21). The van der Waals surface area contributed by atoms with Crippen molar-refractivity contribution in [2.45, 2.75) is 32.8 Å². The van der Waals surface area contributed by atoms with Crippen LogP contribution in [0.4, 0.5) is 16.6 Å². The molecule has 25 heavy (non-hydrogen) atoms. The fourth-order valence-electron chi connectivity index (χ4n) is 2.53. The van der Waals surface area contributed by atoms with Gasteiger partial charge in [-0.1, -0.05) is 11.6 Å². The van der Waals surface area contributed by atoms with Gasteiger partial charge in [0.05, 0.1) is 0 Å². The summed E-state index contributed by atoms with van der Waals surface area (Å²) in [5.74, 6) is 0.792. The van der Waals surface area contributed by atoms with E-state index >= 15 is 0 Å². The molecule has 0 aromatic carbocycles. The Morgan fingerprint density at radius 2 is 2.00 bits per heavy atom. The average molecular weight is 371 g/mol. The molecule has 2 heterocycles. The van der Waals surface area contributed by atoms with E-state index < -0.39 is 5.60 Å². The van der Waals surface area contributed by atoms with Gasteiger partial charge in [0.15, 0.2) is 0 Å². The molecule has 1 aliphatic rings. The van der Waals surface area contributed by atoms with Crippen molar-refractivity contribution in [3.63, 3.8) is 0 Å². The van der Waals surface area contributed by atoms with Crippen LogP contribution in [0.3, 0.4) is 0 Å². The summed E-state index contributed by atoms with van der Waals surface area (Å²) < 4.78 is 5.40. The summed E-state index contributed by atoms with van der Waals surface area (Å²) in [6.45, 7) is 10.5. The van der Waals surface area contributed by atoms with Crippen LogP contribution in [0.5, 0.6) is 0 Å². The number of piperazine rings is 1. The Bertz CT molecular complexity index is 564. The van der Waals surface area contributed by atoms with E-state index in [4.69, 9.17) is 22.1 Å². The van der Waals surface area contributed by atoms with Gasteiger partial charge in [0.25, 0.3) is 0 Å². The summed E-state index contributed by atoms with van der Waals surface area (Å²) in [5.41, 5.74) is 5.11. The second-order valence-corrected chi connectivity index (χ2v) is 7.41. The van der Waals surface area contributed by atoms with Crippen LogP contribution >= 0.6 is 11.6 Å². The topological polar surface area (TPSA) is 96.6 Å². The quantitative estimate of drug-likeness (QED) is 0.604. The number of hydrogen-bond donors (Lipinski definition) is 2. The number of nitrogen functional groups attached to an aromatic ring is 1. The zero-order valence-electron chi connectivity index (χ0n) is 15.1. The van der Waals surface area contributed by atoms with Gasteiger partial charge in [-0.2, -0.15) is 4.98 Å². The van der Waals surface area contributed by atoms with Crippen molar-refractivity contribution in [2.24, 2.45) is 0 Å². The second-order valence-electron chi connectivity index (χ2n) is 7.02. The summed E-state index contributed by atoms with van der Waals surface area (Å²) in [6, 6.07) is 1.65. The van der Waals surface area contributed by atoms with Gasteiger partial charge in [-0.3, -0.25) is 4.90 Å². The molecule has 9 heteroatoms. The molecule has 1 saturated heterocycles. The molecular formula is C16H27ClN6O2. The number of rotatable bonds is 5. The lowest BCUT2D eigenvalue weighted by Gasteiger charge is -2.35. The Balaban J connectivity index is 1.64. The molecule has 1 fully saturated rings. The van der Waals surface area contributed by atoms with Crippen LogP contribution in [0.25, 0.3) is 0 Å². The number of nitrogens with zero attached hydrogens (tertiary/aromatic N) is 4. The van der Waals surface area contributed by atoms with Crippen LogP contribution in [0, 0.1) is 0 Å². The Morgan fingerprint density at radius 3 is 2.60 bits per heavy atom. The van der Waals surface area contributed by atoms with Crippen LogP contribution in [-0.2, 0) is 4.74 Å². The van der Waals surface area contributed by atoms with Gasteiger partial charge < -0.3 is 20.7 Å². The molecule has 0 aliphatic carbocycles. The van der Waals surface area contributed by atoms with Crippen molar-refractivity contribution in [1.82, 2.24) is 19.8 Å². The van der Waals surface area contributed by atoms with Crippen LogP contribution < -0.4 is 11.1 Å². The van der Waals surface area contributed by atoms with Gasteiger partial charge in [0.2, 0.25) is 5.95 Å². The number of halogens is 1. The first-order valence-corrected chi connectivity index (χ1v) is 8.85. The van der Waals surface area contributed by atoms with Crippen molar-refractivity contribution >= 4 is 29.5 Å². The lowest BCUT2D eigenvalue weighted by molar-refractivity contribution is 0.0145. The number of carbonyl (C=O) groups excluding carboxylic acids is 1. The van der Waals surface area contributed by atoms with Gasteiger partial charge in [-0.15, -0.1) is 0 Å². The molecule has 0 unspecified atom stereocenters. The lowest BCUT2D eigenvalue weighted by atomic mass is 10.2. The van der Waals surface area contributed by atoms with Crippen LogP contribution in [-0.4, -0.2) is 70.7 Å². The van der Waals surface area contributed by atoms with E-state index in [0.29, 0.717) is 24.1 Å². The van der Waals surface area contributed by atoms with Gasteiger partial charge >= 0.3 is 6.09 Å². The van der Waals surface area contributed by atoms with E-state index in [1.165, 1.54) is 0 Å². The molecule has 1 aromatic rings. The highest BCUT2D eigenvalue weighted by molar-refractivity contribution is 6.29. The predicted molar refractivity (Wildman–Crippen MR) is 98.8 cm³/mol. The number of hydrogen-bond acceptors (Lipinski definition) is 7. The summed E-state index contributed by atoms with van der Waals surface area (Å²) in [5, 5.41) is 3.52. The highest BCUT2D eigenvalue weighted by Gasteiger charge is 2.25. The molecule has 0 bridgehead atoms. The highest BCUT2D eigenvalue weighted by Crippen LogP contribution is 2.13. The number of anilines is 2. The van der Waals surface area contributed by atoms with Crippen molar-refractivity contribution in [2.75, 3.05) is 50.3 Å². The van der Waals surface area contributed by atoms with E-state index in [2.05, 4.69) is 20.2 Å². The Kier molecular flexibility index (Phi) is 6.66. The number of aromatic nitrogens is 2. The minimum atomic E-state index is -0.451. The second kappa shape index (κ2) is 8.53. The van der Waals surface area contributed by atoms with Crippen molar-refractivity contribution in [3.8, 4) is 0 Å². The first kappa shape index (κ1) is 19.5. The van der Waals surface area contributed by atoms with Crippen LogP contribution in [0.15, 0.2) is 6.07 Å². The van der Waals surface area contributed by atoms with Crippen molar-refractivity contribution in [3.05, 3.63) is 11.2 Å². The molecule has 2 rings (SSSR count). The zero-order valence-corrected chi connectivity index (χ0v) is 15.8. The molecule has 0 radical (unpaired) electrons. The smallest absolute Gasteiger partial charge is 0.410 e. The molecule has 8 nitrogen and oxygen atoms in total. The van der Waals surface area contributed by atoms with E-state index in [0.717, 1.165) is 32.6 Å². The maximum absolute atomic E-state index is 12.0. The maximum atomic E-state index is 12.0. The first-order chi connectivity index (χ1) is 11.7. The lowest BCUT2D eigenvalue weighted by Crippen LogP contribution is -2.50. The summed E-state index contributed by atoms with van der Waals surface area (Å²) in [6.07, 6.45) is 0.723. The number of carbonyl (C=O) groups is 1. The summed E-state index contributed by atoms with van der Waals surface area (Å²) in [4.78, 5) is 24.0. The number of amides is 1. The van der Waals surface area contributed by atoms with Gasteiger partial charge in [-0.25, -0.2) is 9.78 Å². The molecule has 0 saturated carbocycles. The average Bonchev–Trinajstić information content (AvgIpc) is 2.49. The normalized spacial score (nSPS) is 15.9. The first-order valence-electron chi connectivity index (χ1n) is 8.47. The third-order valence-electron chi connectivity index (χ3n) is 3.69. The highest BCUT2D eigenvalue weighted by atomic mass is 35.5. The number of nitrogens with two attached hydrogens (primary N) is 1. The zero-order chi connectivity index (χ0) is 18.4. The van der Waals surface area contributed by atoms with Crippen molar-refractivity contribution < 1.29 is 9.53 Å². The number of ether oxygens (including phenoxy) is 1. The SMILES string of the molecule is CC(C)(C)OC(=O)N1CCN(CCCNc2cc(Cl)nc(N)n2)CC1. The van der Waals surface area contributed by atoms with Crippen LogP contribution in [0.1, 0.15) is 27.2 Å². The van der Waals surface area contributed by atoms with Gasteiger partial charge in [0, 0.05) is 38.8 Å². The van der Waals surface area contributed by atoms with Gasteiger partial charge in [-0.05, 0) is 33.7 Å². The Morgan fingerprint density at radius 1 is 1.32 bits per heavy atom. The summed E-state index contributed by atoms with van der Waals surface area (Å²) in [7, 11) is 0. The molecule has 0 spiro atoms. The minimum Gasteiger partial charge on any atom is -0.444 e. The van der Waals surface area contributed by atoms with E-state index in [9.17, 15) is 4.79 Å². The predicted octanol–water partition coefficient (Wildman–Crippen LogP) is 2.07. The fourth-order valence-corrected chi connectivity index (χ4v) is 2.72. The van der Waals surface area contributed by atoms with Gasteiger partial charge in [0.1, 0.15) is 16.6 Å². The minimum absolute atomic E-state index is 0.160. The van der Waals surface area contributed by atoms with Crippen LogP contribution in [0.2, 0.25) is 5.15 Å². The van der Waals surface area contributed by atoms with E-state index in [1.807, 2.05) is 20.8 Å². The third-order valence-corrected chi connectivity index (χ3v) is 3.89. The molecule has 1 aromatic heterocycles. The molecule has 3 N–H and O–H groups in total. The molecule has 1 aliphatic heterocycles. The Labute approximate surface area is 153 Å². The maximum Gasteiger partial charge on any atom is 0.410 e. The monoisotopic (exact) mass is 370 g/mol. The third kappa shape index (κ3) is 6.91. The summed E-state index contributed by atoms with van der Waals surface area (Å²) >= 11 is 5.84. The molecular weight excluding hydrogens is 344 g/mol. The molecule has 0 atom stereocenters. The van der Waals surface area contributed by atoms with E-state index in [-0.39, 0.29) is 12.0 Å². The molecule has 140 valence electrons. The number of nitrogens with one attached hydrogen (secondary N) is 1. The van der Waals surface area contributed by atoms with Crippen molar-refractivity contribution in [1.29, 1.82) is 0 Å². The van der Waals surface area contributed by atoms with E-state index in [1.54, 1.807) is 11.0 Å². The fraction of sp³-hybridized carbons (Fsp3) is 0.688. The Hall–Kier alpha value is -1.80.